The van der Waals surface area contributed by atoms with E-state index in [4.69, 9.17) is 9.84 Å². The Balaban J connectivity index is 2.58. The maximum Gasteiger partial charge on any atom is 0.417 e. The minimum atomic E-state index is -4.67. The zero-order valence-electron chi connectivity index (χ0n) is 9.33. The summed E-state index contributed by atoms with van der Waals surface area (Å²) in [5.74, 6) is -1.95. The fourth-order valence-corrected chi connectivity index (χ4v) is 2.18. The normalized spacial score (nSPS) is 20.1. The minimum Gasteiger partial charge on any atom is -0.478 e. The Bertz CT molecular complexity index is 462. The molecule has 3 nitrogen and oxygen atoms in total. The standard InChI is InChI=1S/C12H11F3O3/c13-12(14,15)10-8(7-4-5-18-6-7)2-1-3-9(10)11(16)17/h1-3,7H,4-6H2,(H,16,17). The summed E-state index contributed by atoms with van der Waals surface area (Å²) in [6.07, 6.45) is -4.20. The molecule has 0 radical (unpaired) electrons. The molecule has 1 N–H and O–H groups in total. The van der Waals surface area contributed by atoms with Crippen molar-refractivity contribution >= 4 is 5.97 Å². The van der Waals surface area contributed by atoms with E-state index >= 15 is 0 Å². The minimum absolute atomic E-state index is 0.0138. The highest BCUT2D eigenvalue weighted by Crippen LogP contribution is 2.39. The van der Waals surface area contributed by atoms with Gasteiger partial charge in [-0.2, -0.15) is 13.2 Å². The van der Waals surface area contributed by atoms with Crippen LogP contribution in [-0.4, -0.2) is 24.3 Å². The van der Waals surface area contributed by atoms with Crippen LogP contribution in [0.5, 0.6) is 0 Å². The monoisotopic (exact) mass is 260 g/mol. The Morgan fingerprint density at radius 3 is 2.61 bits per heavy atom. The van der Waals surface area contributed by atoms with Crippen molar-refractivity contribution in [2.24, 2.45) is 0 Å². The van der Waals surface area contributed by atoms with Crippen LogP contribution in [0.4, 0.5) is 13.2 Å². The van der Waals surface area contributed by atoms with Crippen LogP contribution in [-0.2, 0) is 10.9 Å². The van der Waals surface area contributed by atoms with Crippen molar-refractivity contribution in [2.75, 3.05) is 13.2 Å². The number of rotatable bonds is 2. The zero-order chi connectivity index (χ0) is 13.3. The summed E-state index contributed by atoms with van der Waals surface area (Å²) in [5, 5.41) is 8.86. The first-order valence-electron chi connectivity index (χ1n) is 5.42. The molecule has 1 heterocycles. The Kier molecular flexibility index (Phi) is 3.30. The molecule has 1 unspecified atom stereocenters. The van der Waals surface area contributed by atoms with E-state index in [1.54, 1.807) is 0 Å². The molecule has 1 aromatic carbocycles. The molecular formula is C12H11F3O3. The van der Waals surface area contributed by atoms with E-state index in [1.165, 1.54) is 12.1 Å². The summed E-state index contributed by atoms with van der Waals surface area (Å²) in [6.45, 7) is 0.603. The van der Waals surface area contributed by atoms with Crippen LogP contribution < -0.4 is 0 Å². The van der Waals surface area contributed by atoms with Gasteiger partial charge in [0.25, 0.3) is 0 Å². The molecule has 0 saturated carbocycles. The van der Waals surface area contributed by atoms with Crippen LogP contribution >= 0.6 is 0 Å². The molecule has 98 valence electrons. The van der Waals surface area contributed by atoms with E-state index in [2.05, 4.69) is 0 Å². The third kappa shape index (κ3) is 2.33. The van der Waals surface area contributed by atoms with Gasteiger partial charge in [-0.15, -0.1) is 0 Å². The number of carbonyl (C=O) groups is 1. The van der Waals surface area contributed by atoms with Gasteiger partial charge in [0.15, 0.2) is 0 Å². The summed E-state index contributed by atoms with van der Waals surface area (Å²) >= 11 is 0. The van der Waals surface area contributed by atoms with Gasteiger partial charge in [-0.05, 0) is 18.1 Å². The van der Waals surface area contributed by atoms with Gasteiger partial charge in [-0.1, -0.05) is 12.1 Å². The average molecular weight is 260 g/mol. The Morgan fingerprint density at radius 2 is 2.11 bits per heavy atom. The van der Waals surface area contributed by atoms with Gasteiger partial charge >= 0.3 is 12.1 Å². The number of ether oxygens (including phenoxy) is 1. The first-order valence-corrected chi connectivity index (χ1v) is 5.42. The van der Waals surface area contributed by atoms with Crippen LogP contribution in [0.3, 0.4) is 0 Å². The molecule has 0 aromatic heterocycles. The van der Waals surface area contributed by atoms with Gasteiger partial charge in [0, 0.05) is 12.5 Å². The number of hydrogen-bond acceptors (Lipinski definition) is 2. The SMILES string of the molecule is O=C(O)c1cccc(C2CCOC2)c1C(F)(F)F. The van der Waals surface area contributed by atoms with Crippen molar-refractivity contribution in [2.45, 2.75) is 18.5 Å². The van der Waals surface area contributed by atoms with Crippen LogP contribution in [0.2, 0.25) is 0 Å². The van der Waals surface area contributed by atoms with Crippen molar-refractivity contribution in [3.05, 3.63) is 34.9 Å². The summed E-state index contributed by atoms with van der Waals surface area (Å²) < 4.78 is 44.1. The van der Waals surface area contributed by atoms with Crippen molar-refractivity contribution < 1.29 is 27.8 Å². The van der Waals surface area contributed by atoms with E-state index in [1.807, 2.05) is 0 Å². The third-order valence-electron chi connectivity index (χ3n) is 2.98. The molecule has 6 heteroatoms. The molecule has 1 aliphatic heterocycles. The van der Waals surface area contributed by atoms with Gasteiger partial charge in [-0.25, -0.2) is 4.79 Å². The number of carboxylic acids is 1. The number of hydrogen-bond donors (Lipinski definition) is 1. The number of carboxylic acid groups (broad SMARTS) is 1. The van der Waals surface area contributed by atoms with E-state index in [9.17, 15) is 18.0 Å². The topological polar surface area (TPSA) is 46.5 Å². The largest absolute Gasteiger partial charge is 0.478 e. The van der Waals surface area contributed by atoms with E-state index in [0.717, 1.165) is 6.07 Å². The smallest absolute Gasteiger partial charge is 0.417 e. The zero-order valence-corrected chi connectivity index (χ0v) is 9.33. The van der Waals surface area contributed by atoms with Crippen molar-refractivity contribution in [3.63, 3.8) is 0 Å². The fourth-order valence-electron chi connectivity index (χ4n) is 2.18. The second-order valence-corrected chi connectivity index (χ2v) is 4.13. The second kappa shape index (κ2) is 4.61. The molecule has 18 heavy (non-hydrogen) atoms. The highest BCUT2D eigenvalue weighted by molar-refractivity contribution is 5.90. The van der Waals surface area contributed by atoms with Gasteiger partial charge in [0.05, 0.1) is 17.7 Å². The first-order chi connectivity index (χ1) is 8.41. The van der Waals surface area contributed by atoms with Crippen LogP contribution in [0.15, 0.2) is 18.2 Å². The van der Waals surface area contributed by atoms with Gasteiger partial charge < -0.3 is 9.84 Å². The van der Waals surface area contributed by atoms with Gasteiger partial charge in [-0.3, -0.25) is 0 Å². The van der Waals surface area contributed by atoms with Crippen molar-refractivity contribution in [1.82, 2.24) is 0 Å². The third-order valence-corrected chi connectivity index (χ3v) is 2.98. The van der Waals surface area contributed by atoms with Crippen molar-refractivity contribution in [1.29, 1.82) is 0 Å². The van der Waals surface area contributed by atoms with Gasteiger partial charge in [0.2, 0.25) is 0 Å². The lowest BCUT2D eigenvalue weighted by atomic mass is 9.90. The predicted octanol–water partition coefficient (Wildman–Crippen LogP) is 2.91. The maximum atomic E-state index is 13.0. The van der Waals surface area contributed by atoms with E-state index in [-0.39, 0.29) is 18.1 Å². The van der Waals surface area contributed by atoms with Gasteiger partial charge in [0.1, 0.15) is 0 Å². The number of alkyl halides is 3. The molecule has 0 amide bonds. The molecule has 1 fully saturated rings. The van der Waals surface area contributed by atoms with Crippen LogP contribution in [0, 0.1) is 0 Å². The summed E-state index contributed by atoms with van der Waals surface area (Å²) in [7, 11) is 0. The first kappa shape index (κ1) is 12.9. The Morgan fingerprint density at radius 1 is 1.39 bits per heavy atom. The van der Waals surface area contributed by atoms with E-state index < -0.39 is 23.3 Å². The number of aromatic carboxylic acids is 1. The molecule has 0 spiro atoms. The molecule has 1 atom stereocenters. The quantitative estimate of drug-likeness (QED) is 0.889. The molecule has 0 aliphatic carbocycles. The highest BCUT2D eigenvalue weighted by atomic mass is 19.4. The lowest BCUT2D eigenvalue weighted by Crippen LogP contribution is -2.18. The Labute approximate surface area is 101 Å². The van der Waals surface area contributed by atoms with Crippen LogP contribution in [0.25, 0.3) is 0 Å². The lowest BCUT2D eigenvalue weighted by Gasteiger charge is -2.18. The molecule has 2 rings (SSSR count). The summed E-state index contributed by atoms with van der Waals surface area (Å²) in [5.41, 5.74) is -1.74. The number of halogens is 3. The molecule has 1 aliphatic rings. The Hall–Kier alpha value is -1.56. The molecule has 1 aromatic rings. The molecule has 1 saturated heterocycles. The van der Waals surface area contributed by atoms with E-state index in [0.29, 0.717) is 13.0 Å². The summed E-state index contributed by atoms with van der Waals surface area (Å²) in [4.78, 5) is 10.9. The molecular weight excluding hydrogens is 249 g/mol. The summed E-state index contributed by atoms with van der Waals surface area (Å²) in [6, 6.07) is 3.64. The van der Waals surface area contributed by atoms with Crippen LogP contribution in [0.1, 0.15) is 33.8 Å². The highest BCUT2D eigenvalue weighted by Gasteiger charge is 2.40. The lowest BCUT2D eigenvalue weighted by molar-refractivity contribution is -0.138. The second-order valence-electron chi connectivity index (χ2n) is 4.13. The predicted molar refractivity (Wildman–Crippen MR) is 56.6 cm³/mol. The van der Waals surface area contributed by atoms with Crippen molar-refractivity contribution in [3.8, 4) is 0 Å². The average Bonchev–Trinajstić information content (AvgIpc) is 2.80. The number of benzene rings is 1. The fraction of sp³-hybridized carbons (Fsp3) is 0.417. The maximum absolute atomic E-state index is 13.0. The molecule has 0 bridgehead atoms.